The average Bonchev–Trinajstić information content (AvgIpc) is 2.48. The van der Waals surface area contributed by atoms with Gasteiger partial charge in [0.2, 0.25) is 0 Å². The molecule has 0 bridgehead atoms. The third-order valence-corrected chi connectivity index (χ3v) is 3.59. The van der Waals surface area contributed by atoms with Crippen LogP contribution >= 0.6 is 0 Å². The Morgan fingerprint density at radius 3 is 2.33 bits per heavy atom. The van der Waals surface area contributed by atoms with Crippen LogP contribution in [0.15, 0.2) is 47.7 Å². The lowest BCUT2D eigenvalue weighted by atomic mass is 10.0. The normalized spacial score (nSPS) is 12.9. The maximum absolute atomic E-state index is 3.32. The molecule has 0 unspecified atom stereocenters. The second kappa shape index (κ2) is 9.28. The molecule has 0 atom stereocenters. The fourth-order valence-corrected chi connectivity index (χ4v) is 2.66. The van der Waals surface area contributed by atoms with Crippen LogP contribution in [0, 0.1) is 0 Å². The van der Waals surface area contributed by atoms with Crippen molar-refractivity contribution in [2.45, 2.75) is 40.0 Å². The SMILES string of the molecule is CCC/C(=C\C(C)=C(\c1ccccc1)N(C)CCC)NC. The fraction of sp³-hybridized carbons (Fsp3) is 0.474. The molecule has 0 saturated carbocycles. The molecule has 0 aliphatic rings. The van der Waals surface area contributed by atoms with Crippen LogP contribution in [0.5, 0.6) is 0 Å². The van der Waals surface area contributed by atoms with Gasteiger partial charge in [-0.3, -0.25) is 0 Å². The van der Waals surface area contributed by atoms with Crippen LogP contribution in [-0.2, 0) is 0 Å². The number of hydrogen-bond donors (Lipinski definition) is 1. The minimum atomic E-state index is 1.07. The van der Waals surface area contributed by atoms with Gasteiger partial charge in [0.15, 0.2) is 0 Å². The van der Waals surface area contributed by atoms with E-state index in [4.69, 9.17) is 0 Å². The fourth-order valence-electron chi connectivity index (χ4n) is 2.66. The molecule has 1 aromatic rings. The van der Waals surface area contributed by atoms with Gasteiger partial charge < -0.3 is 10.2 Å². The van der Waals surface area contributed by atoms with E-state index in [9.17, 15) is 0 Å². The van der Waals surface area contributed by atoms with Crippen LogP contribution in [-0.4, -0.2) is 25.5 Å². The van der Waals surface area contributed by atoms with Gasteiger partial charge in [0.05, 0.1) is 0 Å². The molecule has 2 nitrogen and oxygen atoms in total. The van der Waals surface area contributed by atoms with Gasteiger partial charge in [0.25, 0.3) is 0 Å². The second-order valence-corrected chi connectivity index (χ2v) is 5.49. The molecule has 0 aliphatic carbocycles. The number of allylic oxidation sites excluding steroid dienone is 3. The standard InChI is InChI=1S/C19H30N2/c1-6-11-18(20-4)15-16(3)19(21(5)14-7-2)17-12-9-8-10-13-17/h8-10,12-13,15,20H,6-7,11,14H2,1-5H3/b18-15+,19-16-. The number of hydrogen-bond acceptors (Lipinski definition) is 2. The van der Waals surface area contributed by atoms with Gasteiger partial charge in [-0.15, -0.1) is 0 Å². The van der Waals surface area contributed by atoms with Gasteiger partial charge in [-0.2, -0.15) is 0 Å². The lowest BCUT2D eigenvalue weighted by Crippen LogP contribution is -2.19. The molecule has 0 amide bonds. The molecule has 0 radical (unpaired) electrons. The first-order chi connectivity index (χ1) is 10.1. The van der Waals surface area contributed by atoms with E-state index in [1.165, 1.54) is 22.5 Å². The molecule has 0 heterocycles. The Hall–Kier alpha value is -1.70. The molecule has 2 heteroatoms. The van der Waals surface area contributed by atoms with Crippen molar-refractivity contribution in [1.29, 1.82) is 0 Å². The molecular weight excluding hydrogens is 256 g/mol. The Balaban J connectivity index is 3.24. The molecule has 21 heavy (non-hydrogen) atoms. The number of benzene rings is 1. The first kappa shape index (κ1) is 17.4. The molecule has 1 aromatic carbocycles. The zero-order valence-corrected chi connectivity index (χ0v) is 14.2. The van der Waals surface area contributed by atoms with Gasteiger partial charge in [-0.1, -0.05) is 50.6 Å². The summed E-state index contributed by atoms with van der Waals surface area (Å²) in [6.07, 6.45) is 5.69. The zero-order valence-electron chi connectivity index (χ0n) is 14.2. The van der Waals surface area contributed by atoms with E-state index in [0.29, 0.717) is 0 Å². The van der Waals surface area contributed by atoms with E-state index in [1.54, 1.807) is 0 Å². The highest BCUT2D eigenvalue weighted by atomic mass is 15.1. The highest BCUT2D eigenvalue weighted by molar-refractivity contribution is 5.69. The van der Waals surface area contributed by atoms with E-state index in [0.717, 1.165) is 25.8 Å². The summed E-state index contributed by atoms with van der Waals surface area (Å²) < 4.78 is 0. The summed E-state index contributed by atoms with van der Waals surface area (Å²) >= 11 is 0. The summed E-state index contributed by atoms with van der Waals surface area (Å²) in [6.45, 7) is 7.71. The molecule has 1 N–H and O–H groups in total. The summed E-state index contributed by atoms with van der Waals surface area (Å²) in [6, 6.07) is 10.7. The van der Waals surface area contributed by atoms with E-state index in [2.05, 4.69) is 74.4 Å². The van der Waals surface area contributed by atoms with Crippen molar-refractivity contribution in [1.82, 2.24) is 10.2 Å². The maximum Gasteiger partial charge on any atom is 0.0467 e. The summed E-state index contributed by atoms with van der Waals surface area (Å²) in [5.41, 5.74) is 5.22. The summed E-state index contributed by atoms with van der Waals surface area (Å²) in [7, 11) is 4.19. The van der Waals surface area contributed by atoms with Gasteiger partial charge >= 0.3 is 0 Å². The predicted octanol–water partition coefficient (Wildman–Crippen LogP) is 4.66. The third kappa shape index (κ3) is 5.30. The molecule has 0 aliphatic heterocycles. The summed E-state index contributed by atoms with van der Waals surface area (Å²) in [5.74, 6) is 0. The van der Waals surface area contributed by atoms with Gasteiger partial charge in [-0.05, 0) is 37.0 Å². The van der Waals surface area contributed by atoms with Gasteiger partial charge in [0, 0.05) is 32.0 Å². The minimum absolute atomic E-state index is 1.07. The Bertz CT molecular complexity index is 472. The van der Waals surface area contributed by atoms with E-state index < -0.39 is 0 Å². The summed E-state index contributed by atoms with van der Waals surface area (Å²) in [4.78, 5) is 2.36. The Morgan fingerprint density at radius 2 is 1.81 bits per heavy atom. The quantitative estimate of drug-likeness (QED) is 0.699. The van der Waals surface area contributed by atoms with Crippen LogP contribution in [0.3, 0.4) is 0 Å². The van der Waals surface area contributed by atoms with Crippen molar-refractivity contribution in [3.8, 4) is 0 Å². The van der Waals surface area contributed by atoms with Gasteiger partial charge in [-0.25, -0.2) is 0 Å². The highest BCUT2D eigenvalue weighted by Gasteiger charge is 2.10. The molecular formula is C19H30N2. The van der Waals surface area contributed by atoms with E-state index >= 15 is 0 Å². The van der Waals surface area contributed by atoms with Crippen LogP contribution in [0.4, 0.5) is 0 Å². The topological polar surface area (TPSA) is 15.3 Å². The number of nitrogens with zero attached hydrogens (tertiary/aromatic N) is 1. The van der Waals surface area contributed by atoms with Crippen LogP contribution in [0.25, 0.3) is 5.70 Å². The predicted molar refractivity (Wildman–Crippen MR) is 94.0 cm³/mol. The number of rotatable bonds is 8. The Kier molecular flexibility index (Phi) is 7.66. The van der Waals surface area contributed by atoms with Crippen LogP contribution in [0.1, 0.15) is 45.6 Å². The first-order valence-corrected chi connectivity index (χ1v) is 7.99. The van der Waals surface area contributed by atoms with Crippen LogP contribution < -0.4 is 5.32 Å². The maximum atomic E-state index is 3.32. The van der Waals surface area contributed by atoms with Crippen molar-refractivity contribution in [3.05, 3.63) is 53.2 Å². The van der Waals surface area contributed by atoms with E-state index in [1.807, 2.05) is 7.05 Å². The molecule has 0 spiro atoms. The third-order valence-electron chi connectivity index (χ3n) is 3.59. The lowest BCUT2D eigenvalue weighted by Gasteiger charge is -2.24. The summed E-state index contributed by atoms with van der Waals surface area (Å²) in [5, 5.41) is 3.32. The van der Waals surface area contributed by atoms with Crippen molar-refractivity contribution in [2.24, 2.45) is 0 Å². The van der Waals surface area contributed by atoms with Crippen molar-refractivity contribution in [3.63, 3.8) is 0 Å². The molecule has 116 valence electrons. The van der Waals surface area contributed by atoms with E-state index in [-0.39, 0.29) is 0 Å². The molecule has 0 saturated heterocycles. The zero-order chi connectivity index (χ0) is 15.7. The van der Waals surface area contributed by atoms with Crippen molar-refractivity contribution >= 4 is 5.70 Å². The van der Waals surface area contributed by atoms with Crippen molar-refractivity contribution < 1.29 is 0 Å². The highest BCUT2D eigenvalue weighted by Crippen LogP contribution is 2.23. The Labute approximate surface area is 130 Å². The molecule has 0 fully saturated rings. The second-order valence-electron chi connectivity index (χ2n) is 5.49. The largest absolute Gasteiger partial charge is 0.391 e. The molecule has 0 aromatic heterocycles. The smallest absolute Gasteiger partial charge is 0.0467 e. The Morgan fingerprint density at radius 1 is 1.14 bits per heavy atom. The lowest BCUT2D eigenvalue weighted by molar-refractivity contribution is 0.475. The monoisotopic (exact) mass is 286 g/mol. The first-order valence-electron chi connectivity index (χ1n) is 7.99. The van der Waals surface area contributed by atoms with Crippen LogP contribution in [0.2, 0.25) is 0 Å². The van der Waals surface area contributed by atoms with Gasteiger partial charge in [0.1, 0.15) is 0 Å². The minimum Gasteiger partial charge on any atom is -0.391 e. The molecule has 1 rings (SSSR count). The average molecular weight is 286 g/mol. The van der Waals surface area contributed by atoms with Crippen molar-refractivity contribution in [2.75, 3.05) is 20.6 Å². The number of nitrogens with one attached hydrogen (secondary N) is 1.